The maximum atomic E-state index is 13.6. The molecular weight excluding hydrogens is 290 g/mol. The van der Waals surface area contributed by atoms with E-state index in [1.807, 2.05) is 0 Å². The van der Waals surface area contributed by atoms with Gasteiger partial charge in [-0.25, -0.2) is 33.4 Å². The lowest BCUT2D eigenvalue weighted by Crippen LogP contribution is -2.13. The Bertz CT molecular complexity index is 651. The number of benzene rings is 1. The van der Waals surface area contributed by atoms with E-state index in [9.17, 15) is 17.6 Å². The minimum Gasteiger partial charge on any atom is -0.335 e. The molecule has 4 N–H and O–H groups in total. The molecule has 0 unspecified atom stereocenters. The number of hydrogen-bond donors (Lipinski definition) is 3. The molecule has 0 radical (unpaired) electrons. The SMILES string of the molecule is CCc1c(NN)ncnc1Nc1c(F)c(F)cc(F)c1F. The molecule has 2 aromatic rings. The summed E-state index contributed by atoms with van der Waals surface area (Å²) >= 11 is 0. The second-order valence-electron chi connectivity index (χ2n) is 4.02. The summed E-state index contributed by atoms with van der Waals surface area (Å²) in [5.41, 5.74) is 1.74. The third-order valence-electron chi connectivity index (χ3n) is 2.79. The Balaban J connectivity index is 2.53. The van der Waals surface area contributed by atoms with Crippen LogP contribution in [0.5, 0.6) is 0 Å². The number of halogens is 4. The van der Waals surface area contributed by atoms with Crippen LogP contribution in [-0.2, 0) is 6.42 Å². The fraction of sp³-hybridized carbons (Fsp3) is 0.167. The van der Waals surface area contributed by atoms with Crippen molar-refractivity contribution < 1.29 is 17.6 Å². The summed E-state index contributed by atoms with van der Waals surface area (Å²) in [5.74, 6) is -0.637. The zero-order valence-electron chi connectivity index (χ0n) is 10.8. The molecule has 1 aromatic carbocycles. The quantitative estimate of drug-likeness (QED) is 0.350. The van der Waals surface area contributed by atoms with Crippen molar-refractivity contribution in [1.82, 2.24) is 9.97 Å². The monoisotopic (exact) mass is 301 g/mol. The Morgan fingerprint density at radius 3 is 2.14 bits per heavy atom. The first-order valence-corrected chi connectivity index (χ1v) is 5.90. The first kappa shape index (κ1) is 15.0. The van der Waals surface area contributed by atoms with Gasteiger partial charge in [0.25, 0.3) is 0 Å². The van der Waals surface area contributed by atoms with Crippen LogP contribution in [0.4, 0.5) is 34.9 Å². The number of anilines is 3. The fourth-order valence-electron chi connectivity index (χ4n) is 1.78. The summed E-state index contributed by atoms with van der Waals surface area (Å²) in [6.07, 6.45) is 1.45. The summed E-state index contributed by atoms with van der Waals surface area (Å²) in [6.45, 7) is 1.73. The molecule has 0 aliphatic carbocycles. The van der Waals surface area contributed by atoms with Crippen LogP contribution in [0.25, 0.3) is 0 Å². The lowest BCUT2D eigenvalue weighted by Gasteiger charge is -2.14. The van der Waals surface area contributed by atoms with E-state index in [1.54, 1.807) is 6.92 Å². The van der Waals surface area contributed by atoms with Gasteiger partial charge in [0.15, 0.2) is 23.3 Å². The Morgan fingerprint density at radius 2 is 1.62 bits per heavy atom. The molecule has 2 rings (SSSR count). The van der Waals surface area contributed by atoms with Gasteiger partial charge in [-0.2, -0.15) is 0 Å². The van der Waals surface area contributed by atoms with Crippen LogP contribution in [0.3, 0.4) is 0 Å². The smallest absolute Gasteiger partial charge is 0.185 e. The number of nitrogen functional groups attached to an aromatic ring is 1. The largest absolute Gasteiger partial charge is 0.335 e. The van der Waals surface area contributed by atoms with Crippen molar-refractivity contribution in [2.75, 3.05) is 10.7 Å². The van der Waals surface area contributed by atoms with Crippen molar-refractivity contribution in [3.63, 3.8) is 0 Å². The minimum atomic E-state index is -1.54. The van der Waals surface area contributed by atoms with Gasteiger partial charge in [0.1, 0.15) is 23.7 Å². The summed E-state index contributed by atoms with van der Waals surface area (Å²) in [7, 11) is 0. The molecule has 0 fully saturated rings. The summed E-state index contributed by atoms with van der Waals surface area (Å²) < 4.78 is 53.6. The van der Waals surface area contributed by atoms with Crippen LogP contribution in [0, 0.1) is 23.3 Å². The number of nitrogens with one attached hydrogen (secondary N) is 2. The number of rotatable bonds is 4. The number of hydrogen-bond acceptors (Lipinski definition) is 5. The minimum absolute atomic E-state index is 0.0109. The highest BCUT2D eigenvalue weighted by atomic mass is 19.2. The summed E-state index contributed by atoms with van der Waals surface area (Å²) in [4.78, 5) is 7.63. The van der Waals surface area contributed by atoms with E-state index in [1.165, 1.54) is 0 Å². The van der Waals surface area contributed by atoms with Crippen molar-refractivity contribution in [2.45, 2.75) is 13.3 Å². The average molecular weight is 301 g/mol. The van der Waals surface area contributed by atoms with Gasteiger partial charge in [-0.05, 0) is 6.42 Å². The molecule has 0 spiro atoms. The van der Waals surface area contributed by atoms with Crippen LogP contribution >= 0.6 is 0 Å². The Morgan fingerprint density at radius 1 is 1.05 bits per heavy atom. The molecule has 0 bridgehead atoms. The van der Waals surface area contributed by atoms with Gasteiger partial charge in [0, 0.05) is 11.6 Å². The molecular formula is C12H11F4N5. The third kappa shape index (κ3) is 2.72. The van der Waals surface area contributed by atoms with Gasteiger partial charge in [-0.3, -0.25) is 0 Å². The van der Waals surface area contributed by atoms with Crippen molar-refractivity contribution in [1.29, 1.82) is 0 Å². The molecule has 1 aromatic heterocycles. The highest BCUT2D eigenvalue weighted by Gasteiger charge is 2.21. The van der Waals surface area contributed by atoms with Gasteiger partial charge in [-0.1, -0.05) is 6.92 Å². The number of nitrogens with zero attached hydrogens (tertiary/aromatic N) is 2. The molecule has 5 nitrogen and oxygen atoms in total. The van der Waals surface area contributed by atoms with Crippen molar-refractivity contribution in [2.24, 2.45) is 5.84 Å². The summed E-state index contributed by atoms with van der Waals surface area (Å²) in [6, 6.07) is 0.128. The molecule has 9 heteroatoms. The molecule has 112 valence electrons. The Hall–Kier alpha value is -2.42. The zero-order chi connectivity index (χ0) is 15.6. The average Bonchev–Trinajstić information content (AvgIpc) is 2.49. The van der Waals surface area contributed by atoms with Gasteiger partial charge < -0.3 is 10.7 Å². The van der Waals surface area contributed by atoms with E-state index in [-0.39, 0.29) is 17.7 Å². The highest BCUT2D eigenvalue weighted by Crippen LogP contribution is 2.29. The Kier molecular flexibility index (Phi) is 4.22. The van der Waals surface area contributed by atoms with E-state index < -0.39 is 29.0 Å². The maximum absolute atomic E-state index is 13.6. The maximum Gasteiger partial charge on any atom is 0.185 e. The van der Waals surface area contributed by atoms with Crippen LogP contribution in [0.2, 0.25) is 0 Å². The lowest BCUT2D eigenvalue weighted by atomic mass is 10.2. The van der Waals surface area contributed by atoms with Crippen molar-refractivity contribution in [3.05, 3.63) is 41.2 Å². The van der Waals surface area contributed by atoms with Gasteiger partial charge in [0.05, 0.1) is 0 Å². The molecule has 21 heavy (non-hydrogen) atoms. The molecule has 0 amide bonds. The van der Waals surface area contributed by atoms with E-state index >= 15 is 0 Å². The molecule has 1 heterocycles. The lowest BCUT2D eigenvalue weighted by molar-refractivity contribution is 0.459. The number of hydrazine groups is 1. The van der Waals surface area contributed by atoms with E-state index in [0.717, 1.165) is 6.33 Å². The molecule has 0 aliphatic rings. The third-order valence-corrected chi connectivity index (χ3v) is 2.79. The first-order valence-electron chi connectivity index (χ1n) is 5.90. The normalized spacial score (nSPS) is 10.6. The second kappa shape index (κ2) is 5.92. The van der Waals surface area contributed by atoms with E-state index in [4.69, 9.17) is 5.84 Å². The van der Waals surface area contributed by atoms with Gasteiger partial charge in [-0.15, -0.1) is 0 Å². The molecule has 0 saturated carbocycles. The number of nitrogens with two attached hydrogens (primary N) is 1. The Labute approximate surface area is 117 Å². The van der Waals surface area contributed by atoms with Crippen LogP contribution < -0.4 is 16.6 Å². The molecule has 0 aliphatic heterocycles. The first-order chi connectivity index (χ1) is 9.99. The fourth-order valence-corrected chi connectivity index (χ4v) is 1.78. The zero-order valence-corrected chi connectivity index (χ0v) is 10.8. The standard InChI is InChI=1S/C12H11F4N5/c1-2-5-11(18-4-19-12(5)21-17)20-10-8(15)6(13)3-7(14)9(10)16/h3-4H,2,17H2,1H3,(H2,18,19,20,21). The summed E-state index contributed by atoms with van der Waals surface area (Å²) in [5, 5.41) is 2.24. The van der Waals surface area contributed by atoms with Crippen molar-refractivity contribution >= 4 is 17.3 Å². The molecule has 0 atom stereocenters. The van der Waals surface area contributed by atoms with E-state index in [2.05, 4.69) is 20.7 Å². The number of aromatic nitrogens is 2. The van der Waals surface area contributed by atoms with Gasteiger partial charge in [0.2, 0.25) is 0 Å². The van der Waals surface area contributed by atoms with Crippen LogP contribution in [0.1, 0.15) is 12.5 Å². The van der Waals surface area contributed by atoms with Crippen molar-refractivity contribution in [3.8, 4) is 0 Å². The highest BCUT2D eigenvalue weighted by molar-refractivity contribution is 5.65. The van der Waals surface area contributed by atoms with Gasteiger partial charge >= 0.3 is 0 Å². The second-order valence-corrected chi connectivity index (χ2v) is 4.02. The topological polar surface area (TPSA) is 75.9 Å². The van der Waals surface area contributed by atoms with Crippen LogP contribution in [-0.4, -0.2) is 9.97 Å². The predicted octanol–water partition coefficient (Wildman–Crippen LogP) is 2.62. The predicted molar refractivity (Wildman–Crippen MR) is 68.8 cm³/mol. The van der Waals surface area contributed by atoms with Crippen LogP contribution in [0.15, 0.2) is 12.4 Å². The molecule has 0 saturated heterocycles. The van der Waals surface area contributed by atoms with E-state index in [0.29, 0.717) is 12.0 Å².